The molecule has 72 valence electrons. The average molecular weight is 204 g/mol. The zero-order valence-electron chi connectivity index (χ0n) is 8.07. The van der Waals surface area contributed by atoms with Crippen LogP contribution in [-0.2, 0) is 0 Å². The first-order chi connectivity index (χ1) is 6.77. The highest BCUT2D eigenvalue weighted by molar-refractivity contribution is 7.12. The lowest BCUT2D eigenvalue weighted by atomic mass is 9.96. The van der Waals surface area contributed by atoms with E-state index in [1.165, 1.54) is 11.3 Å². The van der Waals surface area contributed by atoms with Crippen LogP contribution in [0.1, 0.15) is 23.0 Å². The Labute approximate surface area is 87.8 Å². The minimum Gasteiger partial charge on any atom is -0.288 e. The lowest BCUT2D eigenvalue weighted by Crippen LogP contribution is -2.03. The highest BCUT2D eigenvalue weighted by atomic mass is 32.1. The largest absolute Gasteiger partial charge is 0.288 e. The summed E-state index contributed by atoms with van der Waals surface area (Å²) in [6.45, 7) is 2.15. The fourth-order valence-corrected chi connectivity index (χ4v) is 2.13. The Balaban J connectivity index is 2.18. The lowest BCUT2D eigenvalue weighted by molar-refractivity contribution is 0.104. The van der Waals surface area contributed by atoms with E-state index in [1.807, 2.05) is 29.7 Å². The lowest BCUT2D eigenvalue weighted by Gasteiger charge is -2.09. The molecule has 1 aliphatic carbocycles. The van der Waals surface area contributed by atoms with Crippen LogP contribution in [0.15, 0.2) is 41.3 Å². The summed E-state index contributed by atoms with van der Waals surface area (Å²) in [6, 6.07) is 3.79. The molecule has 0 aliphatic heterocycles. The van der Waals surface area contributed by atoms with Gasteiger partial charge in [-0.3, -0.25) is 4.79 Å². The Morgan fingerprint density at radius 2 is 2.43 bits per heavy atom. The van der Waals surface area contributed by atoms with Crippen LogP contribution in [0.5, 0.6) is 0 Å². The highest BCUT2D eigenvalue weighted by Crippen LogP contribution is 2.21. The number of hydrogen-bond donors (Lipinski definition) is 0. The Morgan fingerprint density at radius 3 is 3.00 bits per heavy atom. The summed E-state index contributed by atoms with van der Waals surface area (Å²) in [6.07, 6.45) is 7.05. The van der Waals surface area contributed by atoms with Crippen molar-refractivity contribution in [3.63, 3.8) is 0 Å². The van der Waals surface area contributed by atoms with Gasteiger partial charge in [0.15, 0.2) is 0 Å². The fraction of sp³-hybridized carbons (Fsp3) is 0.250. The third kappa shape index (κ3) is 1.85. The molecule has 0 saturated carbocycles. The molecular weight excluding hydrogens is 192 g/mol. The molecule has 0 saturated heterocycles. The summed E-state index contributed by atoms with van der Waals surface area (Å²) in [7, 11) is 0. The summed E-state index contributed by atoms with van der Waals surface area (Å²) >= 11 is 1.50. The molecule has 2 heteroatoms. The summed E-state index contributed by atoms with van der Waals surface area (Å²) in [5.41, 5.74) is 0.838. The van der Waals surface area contributed by atoms with Crippen molar-refractivity contribution in [3.05, 3.63) is 46.2 Å². The van der Waals surface area contributed by atoms with Crippen LogP contribution in [0.3, 0.4) is 0 Å². The van der Waals surface area contributed by atoms with Gasteiger partial charge in [0.2, 0.25) is 5.78 Å². The number of carbonyl (C=O) groups is 1. The molecule has 0 fully saturated rings. The number of Topliss-reactive ketones (excluding diaryl/α,β-unsaturated/α-hetero) is 1. The first-order valence-electron chi connectivity index (χ1n) is 4.74. The number of carbonyl (C=O) groups excluding carboxylic acids is 1. The minimum atomic E-state index is 0.156. The van der Waals surface area contributed by atoms with Crippen molar-refractivity contribution in [2.45, 2.75) is 13.3 Å². The van der Waals surface area contributed by atoms with Crippen LogP contribution in [-0.4, -0.2) is 5.78 Å². The van der Waals surface area contributed by atoms with Gasteiger partial charge in [-0.15, -0.1) is 11.3 Å². The minimum absolute atomic E-state index is 0.156. The van der Waals surface area contributed by atoms with Crippen LogP contribution in [0.2, 0.25) is 0 Å². The van der Waals surface area contributed by atoms with Crippen molar-refractivity contribution in [2.24, 2.45) is 5.92 Å². The second kappa shape index (κ2) is 3.93. The second-order valence-electron chi connectivity index (χ2n) is 3.54. The van der Waals surface area contributed by atoms with Crippen LogP contribution < -0.4 is 0 Å². The topological polar surface area (TPSA) is 17.1 Å². The number of hydrogen-bond acceptors (Lipinski definition) is 2. The van der Waals surface area contributed by atoms with Crippen molar-refractivity contribution in [1.82, 2.24) is 0 Å². The quantitative estimate of drug-likeness (QED) is 0.674. The third-order valence-electron chi connectivity index (χ3n) is 2.32. The first kappa shape index (κ1) is 9.41. The molecule has 0 radical (unpaired) electrons. The van der Waals surface area contributed by atoms with E-state index in [0.717, 1.165) is 16.9 Å². The predicted octanol–water partition coefficient (Wildman–Crippen LogP) is 3.45. The third-order valence-corrected chi connectivity index (χ3v) is 3.19. The van der Waals surface area contributed by atoms with Gasteiger partial charge in [0.1, 0.15) is 0 Å². The zero-order chi connectivity index (χ0) is 9.97. The molecule has 0 spiro atoms. The average Bonchev–Trinajstić information content (AvgIpc) is 2.71. The molecular formula is C12H12OS. The maximum absolute atomic E-state index is 11.9. The Hall–Kier alpha value is -1.15. The van der Waals surface area contributed by atoms with Crippen molar-refractivity contribution in [3.8, 4) is 0 Å². The normalized spacial score (nSPS) is 20.6. The van der Waals surface area contributed by atoms with E-state index in [2.05, 4.69) is 13.0 Å². The molecule has 14 heavy (non-hydrogen) atoms. The molecule has 0 aromatic carbocycles. The van der Waals surface area contributed by atoms with Crippen LogP contribution >= 0.6 is 11.3 Å². The van der Waals surface area contributed by atoms with E-state index in [0.29, 0.717) is 5.92 Å². The molecule has 1 unspecified atom stereocenters. The van der Waals surface area contributed by atoms with Gasteiger partial charge in [-0.05, 0) is 23.8 Å². The molecule has 1 aromatic rings. The van der Waals surface area contributed by atoms with Crippen LogP contribution in [0, 0.1) is 5.92 Å². The summed E-state index contributed by atoms with van der Waals surface area (Å²) in [5, 5.41) is 1.93. The van der Waals surface area contributed by atoms with Gasteiger partial charge >= 0.3 is 0 Å². The number of thiophene rings is 1. The summed E-state index contributed by atoms with van der Waals surface area (Å²) in [5.74, 6) is 0.720. The van der Waals surface area contributed by atoms with Crippen molar-refractivity contribution >= 4 is 17.1 Å². The second-order valence-corrected chi connectivity index (χ2v) is 4.49. The highest BCUT2D eigenvalue weighted by Gasteiger charge is 2.13. The summed E-state index contributed by atoms with van der Waals surface area (Å²) < 4.78 is 0. The molecule has 2 rings (SSSR count). The molecule has 0 N–H and O–H groups in total. The Morgan fingerprint density at radius 1 is 1.57 bits per heavy atom. The van der Waals surface area contributed by atoms with Crippen LogP contribution in [0.25, 0.3) is 0 Å². The predicted molar refractivity (Wildman–Crippen MR) is 59.7 cm³/mol. The van der Waals surface area contributed by atoms with Gasteiger partial charge in [0.05, 0.1) is 4.88 Å². The molecule has 1 nitrogen and oxygen atoms in total. The zero-order valence-corrected chi connectivity index (χ0v) is 8.88. The molecule has 0 bridgehead atoms. The Kier molecular flexibility index (Phi) is 2.64. The smallest absolute Gasteiger partial charge is 0.202 e. The first-order valence-corrected chi connectivity index (χ1v) is 5.62. The van der Waals surface area contributed by atoms with E-state index in [-0.39, 0.29) is 5.78 Å². The van der Waals surface area contributed by atoms with E-state index < -0.39 is 0 Å². The van der Waals surface area contributed by atoms with Crippen molar-refractivity contribution in [2.75, 3.05) is 0 Å². The maximum atomic E-state index is 11.9. The number of ketones is 1. The molecule has 0 amide bonds. The molecule has 1 aliphatic rings. The fourth-order valence-electron chi connectivity index (χ4n) is 1.45. The molecule has 1 heterocycles. The van der Waals surface area contributed by atoms with Crippen molar-refractivity contribution < 1.29 is 4.79 Å². The van der Waals surface area contributed by atoms with Gasteiger partial charge in [0.25, 0.3) is 0 Å². The van der Waals surface area contributed by atoms with Crippen LogP contribution in [0.4, 0.5) is 0 Å². The summed E-state index contributed by atoms with van der Waals surface area (Å²) in [4.78, 5) is 12.7. The monoisotopic (exact) mass is 204 g/mol. The number of allylic oxidation sites excluding steroid dienone is 4. The van der Waals surface area contributed by atoms with Crippen molar-refractivity contribution in [1.29, 1.82) is 0 Å². The Bertz CT molecular complexity index is 384. The van der Waals surface area contributed by atoms with E-state index in [4.69, 9.17) is 0 Å². The van der Waals surface area contributed by atoms with Gasteiger partial charge in [-0.2, -0.15) is 0 Å². The van der Waals surface area contributed by atoms with Gasteiger partial charge in [-0.25, -0.2) is 0 Å². The standard InChI is InChI=1S/C12H12OS/c1-9-4-6-10(7-5-9)12(13)11-3-2-8-14-11/h2-4,6-9H,5H2,1H3. The molecule has 1 aromatic heterocycles. The van der Waals surface area contributed by atoms with E-state index in [1.54, 1.807) is 0 Å². The SMILES string of the molecule is CC1C=CC(C(=O)c2cccs2)=CC1. The van der Waals surface area contributed by atoms with Gasteiger partial charge in [0, 0.05) is 5.57 Å². The van der Waals surface area contributed by atoms with Gasteiger partial charge < -0.3 is 0 Å². The maximum Gasteiger partial charge on any atom is 0.202 e. The van der Waals surface area contributed by atoms with Gasteiger partial charge in [-0.1, -0.05) is 31.2 Å². The molecule has 1 atom stereocenters. The number of rotatable bonds is 2. The van der Waals surface area contributed by atoms with E-state index in [9.17, 15) is 4.79 Å². The van der Waals surface area contributed by atoms with E-state index >= 15 is 0 Å².